The van der Waals surface area contributed by atoms with Gasteiger partial charge in [0.05, 0.1) is 4.90 Å². The fraction of sp³-hybridized carbons (Fsp3) is 0.400. The summed E-state index contributed by atoms with van der Waals surface area (Å²) in [5.74, 6) is 0. The molecule has 4 nitrogen and oxygen atoms in total. The molecule has 0 radical (unpaired) electrons. The molecule has 0 aromatic heterocycles. The Kier molecular flexibility index (Phi) is 7.27. The van der Waals surface area contributed by atoms with E-state index in [1.807, 2.05) is 6.92 Å². The van der Waals surface area contributed by atoms with Gasteiger partial charge in [-0.1, -0.05) is 22.0 Å². The summed E-state index contributed by atoms with van der Waals surface area (Å²) in [5, 5.41) is 2.88. The number of sulfonamides is 1. The molecule has 0 saturated heterocycles. The van der Waals surface area contributed by atoms with Crippen molar-refractivity contribution in [2.24, 2.45) is 0 Å². The van der Waals surface area contributed by atoms with Crippen molar-refractivity contribution in [2.75, 3.05) is 20.1 Å². The lowest BCUT2D eigenvalue weighted by molar-refractivity contribution is 0.579. The minimum Gasteiger partial charge on any atom is -0.318 e. The van der Waals surface area contributed by atoms with Crippen molar-refractivity contribution in [2.45, 2.75) is 11.8 Å². The summed E-state index contributed by atoms with van der Waals surface area (Å²) in [6.07, 6.45) is 0. The number of aryl methyl sites for hydroxylation is 1. The SMILES string of the molecule is CNCCNS(=O)(=O)c1ccc(C)c(Br)c1.Cl. The Bertz CT molecular complexity index is 465. The molecule has 98 valence electrons. The van der Waals surface area contributed by atoms with E-state index in [1.54, 1.807) is 25.2 Å². The van der Waals surface area contributed by atoms with Gasteiger partial charge in [0.15, 0.2) is 0 Å². The van der Waals surface area contributed by atoms with Gasteiger partial charge in [-0.05, 0) is 31.7 Å². The van der Waals surface area contributed by atoms with E-state index in [0.717, 1.165) is 10.0 Å². The first kappa shape index (κ1) is 16.9. The maximum atomic E-state index is 11.8. The minimum absolute atomic E-state index is 0. The van der Waals surface area contributed by atoms with E-state index in [-0.39, 0.29) is 17.3 Å². The molecule has 0 atom stereocenters. The zero-order valence-corrected chi connectivity index (χ0v) is 12.9. The predicted octanol–water partition coefficient (Wildman–Crippen LogP) is 1.68. The highest BCUT2D eigenvalue weighted by Crippen LogP contribution is 2.20. The van der Waals surface area contributed by atoms with Gasteiger partial charge in [-0.15, -0.1) is 12.4 Å². The predicted molar refractivity (Wildman–Crippen MR) is 75.2 cm³/mol. The molecule has 0 amide bonds. The summed E-state index contributed by atoms with van der Waals surface area (Å²) in [7, 11) is -1.62. The summed E-state index contributed by atoms with van der Waals surface area (Å²) in [4.78, 5) is 0.279. The highest BCUT2D eigenvalue weighted by molar-refractivity contribution is 9.10. The van der Waals surface area contributed by atoms with E-state index >= 15 is 0 Å². The average Bonchev–Trinajstić information content (AvgIpc) is 2.22. The summed E-state index contributed by atoms with van der Waals surface area (Å²) < 4.78 is 26.9. The average molecular weight is 344 g/mol. The van der Waals surface area contributed by atoms with Gasteiger partial charge in [0, 0.05) is 17.6 Å². The van der Waals surface area contributed by atoms with Crippen LogP contribution in [0.25, 0.3) is 0 Å². The molecule has 17 heavy (non-hydrogen) atoms. The second-order valence-corrected chi connectivity index (χ2v) is 6.03. The number of hydrogen-bond donors (Lipinski definition) is 2. The Morgan fingerprint density at radius 3 is 2.47 bits per heavy atom. The molecular weight excluding hydrogens is 328 g/mol. The lowest BCUT2D eigenvalue weighted by Crippen LogP contribution is -2.30. The highest BCUT2D eigenvalue weighted by Gasteiger charge is 2.13. The molecule has 0 aliphatic carbocycles. The molecule has 0 saturated carbocycles. The molecule has 0 bridgehead atoms. The molecule has 0 aliphatic rings. The summed E-state index contributed by atoms with van der Waals surface area (Å²) >= 11 is 3.32. The monoisotopic (exact) mass is 342 g/mol. The fourth-order valence-electron chi connectivity index (χ4n) is 1.13. The molecule has 0 aliphatic heterocycles. The smallest absolute Gasteiger partial charge is 0.240 e. The third-order valence-electron chi connectivity index (χ3n) is 2.12. The molecule has 0 heterocycles. The van der Waals surface area contributed by atoms with Crippen molar-refractivity contribution < 1.29 is 8.42 Å². The lowest BCUT2D eigenvalue weighted by Gasteiger charge is -2.07. The van der Waals surface area contributed by atoms with Crippen molar-refractivity contribution >= 4 is 38.4 Å². The molecule has 1 aromatic carbocycles. The van der Waals surface area contributed by atoms with Gasteiger partial charge in [0.2, 0.25) is 10.0 Å². The van der Waals surface area contributed by atoms with Gasteiger partial charge < -0.3 is 5.32 Å². The van der Waals surface area contributed by atoms with Gasteiger partial charge in [-0.2, -0.15) is 0 Å². The van der Waals surface area contributed by atoms with Gasteiger partial charge in [0.1, 0.15) is 0 Å². The van der Waals surface area contributed by atoms with Crippen molar-refractivity contribution in [3.63, 3.8) is 0 Å². The van der Waals surface area contributed by atoms with Crippen LogP contribution in [0, 0.1) is 6.92 Å². The molecular formula is C10H16BrClN2O2S. The van der Waals surface area contributed by atoms with Gasteiger partial charge in [0.25, 0.3) is 0 Å². The van der Waals surface area contributed by atoms with E-state index < -0.39 is 10.0 Å². The van der Waals surface area contributed by atoms with Crippen molar-refractivity contribution in [3.8, 4) is 0 Å². The first-order valence-electron chi connectivity index (χ1n) is 4.88. The molecule has 1 rings (SSSR count). The summed E-state index contributed by atoms with van der Waals surface area (Å²) in [5.41, 5.74) is 1.01. The maximum Gasteiger partial charge on any atom is 0.240 e. The van der Waals surface area contributed by atoms with Crippen LogP contribution >= 0.6 is 28.3 Å². The van der Waals surface area contributed by atoms with Gasteiger partial charge in [-0.3, -0.25) is 0 Å². The van der Waals surface area contributed by atoms with Crippen LogP contribution in [0.3, 0.4) is 0 Å². The normalized spacial score (nSPS) is 11.0. The van der Waals surface area contributed by atoms with Crippen molar-refractivity contribution in [1.29, 1.82) is 0 Å². The molecule has 0 spiro atoms. The number of benzene rings is 1. The van der Waals surface area contributed by atoms with Crippen LogP contribution in [0.2, 0.25) is 0 Å². The highest BCUT2D eigenvalue weighted by atomic mass is 79.9. The first-order valence-corrected chi connectivity index (χ1v) is 7.15. The Hall–Kier alpha value is -0.140. The van der Waals surface area contributed by atoms with Crippen LogP contribution in [0.1, 0.15) is 5.56 Å². The third kappa shape index (κ3) is 4.93. The molecule has 1 aromatic rings. The van der Waals surface area contributed by atoms with E-state index in [2.05, 4.69) is 26.0 Å². The maximum absolute atomic E-state index is 11.8. The largest absolute Gasteiger partial charge is 0.318 e. The van der Waals surface area contributed by atoms with E-state index in [0.29, 0.717) is 13.1 Å². The van der Waals surface area contributed by atoms with Crippen LogP contribution in [0.15, 0.2) is 27.6 Å². The van der Waals surface area contributed by atoms with Crippen LogP contribution < -0.4 is 10.0 Å². The van der Waals surface area contributed by atoms with Crippen LogP contribution in [0.5, 0.6) is 0 Å². The second kappa shape index (κ2) is 7.33. The standard InChI is InChI=1S/C10H15BrN2O2S.ClH/c1-8-3-4-9(7-10(8)11)16(14,15)13-6-5-12-2;/h3-4,7,12-13H,5-6H2,1-2H3;1H. The number of likely N-dealkylation sites (N-methyl/N-ethyl adjacent to an activating group) is 1. The van der Waals surface area contributed by atoms with Crippen LogP contribution in [-0.2, 0) is 10.0 Å². The van der Waals surface area contributed by atoms with Crippen LogP contribution in [-0.4, -0.2) is 28.6 Å². The lowest BCUT2D eigenvalue weighted by atomic mass is 10.2. The van der Waals surface area contributed by atoms with Crippen LogP contribution in [0.4, 0.5) is 0 Å². The molecule has 0 fully saturated rings. The topological polar surface area (TPSA) is 58.2 Å². The Balaban J connectivity index is 0.00000256. The number of halogens is 2. The number of rotatable bonds is 5. The fourth-order valence-corrected chi connectivity index (χ4v) is 2.72. The van der Waals surface area contributed by atoms with Gasteiger partial charge >= 0.3 is 0 Å². The van der Waals surface area contributed by atoms with E-state index in [9.17, 15) is 8.42 Å². The van der Waals surface area contributed by atoms with E-state index in [4.69, 9.17) is 0 Å². The number of nitrogens with one attached hydrogen (secondary N) is 2. The van der Waals surface area contributed by atoms with Gasteiger partial charge in [-0.25, -0.2) is 13.1 Å². The summed E-state index contributed by atoms with van der Waals surface area (Å²) in [6, 6.07) is 4.98. The Morgan fingerprint density at radius 2 is 1.94 bits per heavy atom. The Morgan fingerprint density at radius 1 is 1.29 bits per heavy atom. The van der Waals surface area contributed by atoms with Crippen molar-refractivity contribution in [1.82, 2.24) is 10.0 Å². The quantitative estimate of drug-likeness (QED) is 0.800. The molecule has 0 unspecified atom stereocenters. The molecule has 2 N–H and O–H groups in total. The zero-order chi connectivity index (χ0) is 12.2. The first-order chi connectivity index (χ1) is 7.47. The second-order valence-electron chi connectivity index (χ2n) is 3.41. The Labute approximate surface area is 117 Å². The number of hydrogen-bond acceptors (Lipinski definition) is 3. The molecule has 7 heteroatoms. The zero-order valence-electron chi connectivity index (χ0n) is 9.66. The third-order valence-corrected chi connectivity index (χ3v) is 4.43. The van der Waals surface area contributed by atoms with Crippen molar-refractivity contribution in [3.05, 3.63) is 28.2 Å². The summed E-state index contributed by atoms with van der Waals surface area (Å²) in [6.45, 7) is 2.89. The van der Waals surface area contributed by atoms with E-state index in [1.165, 1.54) is 0 Å². The minimum atomic E-state index is -3.39.